The standard InChI is InChI=1S/C12H18ClN3O/c1-9-14-11(13)6-12(15-9)16-5-3-4-10(7-16)8-17-2/h6,10H,3-5,7-8H2,1-2H3/t10-/m0/s1. The molecule has 1 aliphatic rings. The van der Waals surface area contributed by atoms with Crippen molar-refractivity contribution in [1.82, 2.24) is 9.97 Å². The van der Waals surface area contributed by atoms with E-state index in [0.717, 1.165) is 31.3 Å². The van der Waals surface area contributed by atoms with Crippen molar-refractivity contribution < 1.29 is 4.74 Å². The lowest BCUT2D eigenvalue weighted by Gasteiger charge is -2.33. The lowest BCUT2D eigenvalue weighted by molar-refractivity contribution is 0.143. The third-order valence-electron chi connectivity index (χ3n) is 3.04. The maximum absolute atomic E-state index is 5.96. The van der Waals surface area contributed by atoms with Gasteiger partial charge in [-0.15, -0.1) is 0 Å². The van der Waals surface area contributed by atoms with E-state index in [0.29, 0.717) is 11.1 Å². The highest BCUT2D eigenvalue weighted by Gasteiger charge is 2.21. The quantitative estimate of drug-likeness (QED) is 0.777. The molecule has 5 heteroatoms. The van der Waals surface area contributed by atoms with Crippen LogP contribution < -0.4 is 4.90 Å². The molecule has 0 N–H and O–H groups in total. The zero-order valence-electron chi connectivity index (χ0n) is 10.3. The molecule has 1 aromatic rings. The minimum Gasteiger partial charge on any atom is -0.384 e. The van der Waals surface area contributed by atoms with Crippen LogP contribution in [0.4, 0.5) is 5.82 Å². The van der Waals surface area contributed by atoms with Crippen molar-refractivity contribution in [3.8, 4) is 0 Å². The number of aromatic nitrogens is 2. The lowest BCUT2D eigenvalue weighted by Crippen LogP contribution is -2.37. The van der Waals surface area contributed by atoms with Crippen LogP contribution in [0.3, 0.4) is 0 Å². The van der Waals surface area contributed by atoms with Gasteiger partial charge in [-0.1, -0.05) is 11.6 Å². The Morgan fingerprint density at radius 2 is 2.35 bits per heavy atom. The lowest BCUT2D eigenvalue weighted by atomic mass is 9.99. The molecule has 0 bridgehead atoms. The fraction of sp³-hybridized carbons (Fsp3) is 0.667. The van der Waals surface area contributed by atoms with Gasteiger partial charge < -0.3 is 9.64 Å². The van der Waals surface area contributed by atoms with Gasteiger partial charge in [0.25, 0.3) is 0 Å². The van der Waals surface area contributed by atoms with E-state index in [1.54, 1.807) is 7.11 Å². The van der Waals surface area contributed by atoms with Gasteiger partial charge in [0.05, 0.1) is 6.61 Å². The van der Waals surface area contributed by atoms with Crippen LogP contribution in [0.25, 0.3) is 0 Å². The summed E-state index contributed by atoms with van der Waals surface area (Å²) in [5.74, 6) is 2.24. The van der Waals surface area contributed by atoms with Crippen LogP contribution in [-0.4, -0.2) is 36.8 Å². The van der Waals surface area contributed by atoms with E-state index in [2.05, 4.69) is 14.9 Å². The Morgan fingerprint density at radius 1 is 1.53 bits per heavy atom. The van der Waals surface area contributed by atoms with Gasteiger partial charge in [-0.2, -0.15) is 0 Å². The summed E-state index contributed by atoms with van der Waals surface area (Å²) in [6.07, 6.45) is 2.40. The molecule has 17 heavy (non-hydrogen) atoms. The van der Waals surface area contributed by atoms with Crippen molar-refractivity contribution in [3.63, 3.8) is 0 Å². The molecule has 0 amide bonds. The SMILES string of the molecule is COC[C@H]1CCCN(c2cc(Cl)nc(C)n2)C1. The van der Waals surface area contributed by atoms with Crippen LogP contribution in [0.1, 0.15) is 18.7 Å². The molecule has 1 fully saturated rings. The Kier molecular flexibility index (Phi) is 4.18. The van der Waals surface area contributed by atoms with E-state index in [1.807, 2.05) is 13.0 Å². The number of anilines is 1. The number of hydrogen-bond donors (Lipinski definition) is 0. The Bertz CT molecular complexity index is 364. The van der Waals surface area contributed by atoms with Crippen molar-refractivity contribution in [2.45, 2.75) is 19.8 Å². The highest BCUT2D eigenvalue weighted by atomic mass is 35.5. The molecule has 1 aromatic heterocycles. The highest BCUT2D eigenvalue weighted by Crippen LogP contribution is 2.23. The summed E-state index contributed by atoms with van der Waals surface area (Å²) in [7, 11) is 1.75. The molecular formula is C12H18ClN3O. The molecule has 0 aromatic carbocycles. The molecule has 0 aliphatic carbocycles. The minimum absolute atomic E-state index is 0.515. The van der Waals surface area contributed by atoms with E-state index >= 15 is 0 Å². The predicted octanol–water partition coefficient (Wildman–Crippen LogP) is 2.30. The number of methoxy groups -OCH3 is 1. The number of nitrogens with zero attached hydrogens (tertiary/aromatic N) is 3. The number of ether oxygens (including phenoxy) is 1. The van der Waals surface area contributed by atoms with Crippen molar-refractivity contribution in [3.05, 3.63) is 17.0 Å². The molecule has 0 unspecified atom stereocenters. The molecule has 4 nitrogen and oxygen atoms in total. The van der Waals surface area contributed by atoms with Gasteiger partial charge in [-0.3, -0.25) is 0 Å². The number of aryl methyl sites for hydroxylation is 1. The van der Waals surface area contributed by atoms with Gasteiger partial charge in [0.1, 0.15) is 16.8 Å². The zero-order valence-corrected chi connectivity index (χ0v) is 11.1. The summed E-state index contributed by atoms with van der Waals surface area (Å²) in [4.78, 5) is 10.8. The normalized spacial score (nSPS) is 20.6. The number of halogens is 1. The van der Waals surface area contributed by atoms with Gasteiger partial charge >= 0.3 is 0 Å². The highest BCUT2D eigenvalue weighted by molar-refractivity contribution is 6.29. The Hall–Kier alpha value is -0.870. The number of piperidine rings is 1. The van der Waals surface area contributed by atoms with E-state index in [9.17, 15) is 0 Å². The van der Waals surface area contributed by atoms with E-state index < -0.39 is 0 Å². The first-order valence-corrected chi connectivity index (χ1v) is 6.32. The van der Waals surface area contributed by atoms with Crippen LogP contribution in [0.15, 0.2) is 6.07 Å². The maximum Gasteiger partial charge on any atom is 0.134 e. The second-order valence-electron chi connectivity index (χ2n) is 4.51. The van der Waals surface area contributed by atoms with Crippen molar-refractivity contribution in [2.24, 2.45) is 5.92 Å². The second-order valence-corrected chi connectivity index (χ2v) is 4.89. The van der Waals surface area contributed by atoms with Crippen LogP contribution in [0, 0.1) is 12.8 Å². The van der Waals surface area contributed by atoms with Gasteiger partial charge in [-0.25, -0.2) is 9.97 Å². The Balaban J connectivity index is 2.10. The smallest absolute Gasteiger partial charge is 0.134 e. The number of rotatable bonds is 3. The van der Waals surface area contributed by atoms with Gasteiger partial charge in [0.2, 0.25) is 0 Å². The van der Waals surface area contributed by atoms with Crippen molar-refractivity contribution >= 4 is 17.4 Å². The Labute approximate surface area is 107 Å². The summed E-state index contributed by atoms with van der Waals surface area (Å²) >= 11 is 5.96. The van der Waals surface area contributed by atoms with Crippen LogP contribution in [-0.2, 0) is 4.74 Å². The molecule has 2 rings (SSSR count). The summed E-state index contributed by atoms with van der Waals surface area (Å²) in [5.41, 5.74) is 0. The van der Waals surface area contributed by atoms with Gasteiger partial charge in [0.15, 0.2) is 0 Å². The zero-order chi connectivity index (χ0) is 12.3. The molecule has 94 valence electrons. The van der Waals surface area contributed by atoms with Crippen molar-refractivity contribution in [2.75, 3.05) is 31.7 Å². The summed E-state index contributed by atoms with van der Waals surface area (Å²) in [5, 5.41) is 0.515. The molecule has 1 atom stereocenters. The van der Waals surface area contributed by atoms with Crippen LogP contribution in [0.5, 0.6) is 0 Å². The topological polar surface area (TPSA) is 38.2 Å². The Morgan fingerprint density at radius 3 is 3.06 bits per heavy atom. The molecule has 2 heterocycles. The summed E-state index contributed by atoms with van der Waals surface area (Å²) < 4.78 is 5.23. The molecule has 0 radical (unpaired) electrons. The van der Waals surface area contributed by atoms with Gasteiger partial charge in [0, 0.05) is 26.3 Å². The first-order valence-electron chi connectivity index (χ1n) is 5.94. The molecule has 1 aliphatic heterocycles. The van der Waals surface area contributed by atoms with E-state index in [-0.39, 0.29) is 0 Å². The minimum atomic E-state index is 0.515. The second kappa shape index (κ2) is 5.65. The molecule has 0 saturated carbocycles. The van der Waals surface area contributed by atoms with Gasteiger partial charge in [-0.05, 0) is 25.7 Å². The van der Waals surface area contributed by atoms with Crippen LogP contribution >= 0.6 is 11.6 Å². The average Bonchev–Trinajstić information content (AvgIpc) is 2.28. The number of hydrogen-bond acceptors (Lipinski definition) is 4. The third-order valence-corrected chi connectivity index (χ3v) is 3.23. The monoisotopic (exact) mass is 255 g/mol. The average molecular weight is 256 g/mol. The molecule has 1 saturated heterocycles. The molecule has 0 spiro atoms. The van der Waals surface area contributed by atoms with E-state index in [4.69, 9.17) is 16.3 Å². The predicted molar refractivity (Wildman–Crippen MR) is 68.6 cm³/mol. The fourth-order valence-electron chi connectivity index (χ4n) is 2.32. The maximum atomic E-state index is 5.96. The van der Waals surface area contributed by atoms with Crippen molar-refractivity contribution in [1.29, 1.82) is 0 Å². The first-order chi connectivity index (χ1) is 8.19. The fourth-order valence-corrected chi connectivity index (χ4v) is 2.54. The largest absolute Gasteiger partial charge is 0.384 e. The summed E-state index contributed by atoms with van der Waals surface area (Å²) in [6.45, 7) is 4.70. The third kappa shape index (κ3) is 3.30. The summed E-state index contributed by atoms with van der Waals surface area (Å²) in [6, 6.07) is 1.84. The van der Waals surface area contributed by atoms with Crippen LogP contribution in [0.2, 0.25) is 5.15 Å². The first kappa shape index (κ1) is 12.6. The molecular weight excluding hydrogens is 238 g/mol. The van der Waals surface area contributed by atoms with E-state index in [1.165, 1.54) is 12.8 Å².